The normalized spacial score (nSPS) is 11.6. The third-order valence-corrected chi connectivity index (χ3v) is 5.19. The number of benzene rings is 2. The second-order valence-corrected chi connectivity index (χ2v) is 7.62. The zero-order valence-electron chi connectivity index (χ0n) is 16.0. The molecule has 144 valence electrons. The molecule has 0 bridgehead atoms. The van der Waals surface area contributed by atoms with Gasteiger partial charge in [0.1, 0.15) is 0 Å². The van der Waals surface area contributed by atoms with Crippen LogP contribution in [0.3, 0.4) is 0 Å². The summed E-state index contributed by atoms with van der Waals surface area (Å²) >= 11 is 1.25. The molecule has 0 spiro atoms. The van der Waals surface area contributed by atoms with E-state index in [0.29, 0.717) is 18.7 Å². The summed E-state index contributed by atoms with van der Waals surface area (Å²) in [6, 6.07) is 18.1. The van der Waals surface area contributed by atoms with Crippen LogP contribution in [0.25, 0.3) is 0 Å². The smallest absolute Gasteiger partial charge is 0.223 e. The molecule has 2 N–H and O–H groups in total. The molecule has 2 rings (SSSR count). The quantitative estimate of drug-likeness (QED) is 0.610. The summed E-state index contributed by atoms with van der Waals surface area (Å²) < 4.78 is 0. The van der Waals surface area contributed by atoms with Crippen molar-refractivity contribution in [2.24, 2.45) is 5.92 Å². The fourth-order valence-corrected chi connectivity index (χ4v) is 3.40. The molecule has 1 amide bonds. The van der Waals surface area contributed by atoms with Gasteiger partial charge in [-0.15, -0.1) is 0 Å². The first kappa shape index (κ1) is 21.0. The highest BCUT2D eigenvalue weighted by molar-refractivity contribution is 8.13. The van der Waals surface area contributed by atoms with Crippen molar-refractivity contribution in [3.63, 3.8) is 0 Å². The largest absolute Gasteiger partial charge is 0.384 e. The summed E-state index contributed by atoms with van der Waals surface area (Å²) in [5.74, 6) is 0.437. The first-order valence-corrected chi connectivity index (χ1v) is 10.4. The van der Waals surface area contributed by atoms with Gasteiger partial charge in [0.15, 0.2) is 0 Å². The third kappa shape index (κ3) is 7.47. The number of amides is 1. The molecular weight excluding hydrogens is 356 g/mol. The number of hydrogen-bond acceptors (Lipinski definition) is 4. The highest BCUT2D eigenvalue weighted by Crippen LogP contribution is 2.15. The van der Waals surface area contributed by atoms with E-state index in [4.69, 9.17) is 0 Å². The Bertz CT molecular complexity index is 734. The average Bonchev–Trinajstić information content (AvgIpc) is 2.70. The van der Waals surface area contributed by atoms with Crippen molar-refractivity contribution >= 4 is 28.5 Å². The molecule has 0 heterocycles. The lowest BCUT2D eigenvalue weighted by Gasteiger charge is -2.12. The lowest BCUT2D eigenvalue weighted by atomic mass is 10.0. The third-order valence-electron chi connectivity index (χ3n) is 4.32. The standard InChI is InChI=1S/C22H28N2O2S/c1-3-19-11-7-8-12-20(19)23-13-14-27-21(25)16-24-22(26)17(2)15-18-9-5-4-6-10-18/h4-12,17,23H,3,13-16H2,1-2H3,(H,24,26)/t17-/m0/s1. The van der Waals surface area contributed by atoms with Crippen molar-refractivity contribution in [3.05, 3.63) is 65.7 Å². The Morgan fingerprint density at radius 3 is 2.48 bits per heavy atom. The number of carbonyl (C=O) groups excluding carboxylic acids is 2. The summed E-state index contributed by atoms with van der Waals surface area (Å²) in [6.45, 7) is 4.80. The Hall–Kier alpha value is -2.27. The van der Waals surface area contributed by atoms with E-state index in [1.165, 1.54) is 17.3 Å². The zero-order chi connectivity index (χ0) is 19.5. The Kier molecular flexibility index (Phi) is 8.92. The molecule has 1 atom stereocenters. The predicted molar refractivity (Wildman–Crippen MR) is 114 cm³/mol. The fraction of sp³-hybridized carbons (Fsp3) is 0.364. The second-order valence-electron chi connectivity index (χ2n) is 6.47. The van der Waals surface area contributed by atoms with Gasteiger partial charge in [-0.05, 0) is 30.0 Å². The number of hydrogen-bond donors (Lipinski definition) is 2. The van der Waals surface area contributed by atoms with Crippen LogP contribution < -0.4 is 10.6 Å². The van der Waals surface area contributed by atoms with E-state index in [9.17, 15) is 9.59 Å². The molecule has 0 saturated heterocycles. The SMILES string of the molecule is CCc1ccccc1NCCSC(=O)CNC(=O)[C@@H](C)Cc1ccccc1. The lowest BCUT2D eigenvalue weighted by molar-refractivity contribution is -0.125. The summed E-state index contributed by atoms with van der Waals surface area (Å²) in [4.78, 5) is 24.1. The van der Waals surface area contributed by atoms with E-state index in [2.05, 4.69) is 29.7 Å². The highest BCUT2D eigenvalue weighted by atomic mass is 32.2. The van der Waals surface area contributed by atoms with E-state index in [0.717, 1.165) is 17.7 Å². The van der Waals surface area contributed by atoms with Gasteiger partial charge in [0.25, 0.3) is 0 Å². The van der Waals surface area contributed by atoms with Crippen LogP contribution in [0, 0.1) is 5.92 Å². The number of rotatable bonds is 10. The van der Waals surface area contributed by atoms with Crippen molar-refractivity contribution in [3.8, 4) is 0 Å². The van der Waals surface area contributed by atoms with Crippen LogP contribution in [0.2, 0.25) is 0 Å². The summed E-state index contributed by atoms with van der Waals surface area (Å²) in [5, 5.41) is 6.11. The number of para-hydroxylation sites is 1. The van der Waals surface area contributed by atoms with Crippen LogP contribution in [0.4, 0.5) is 5.69 Å². The molecule has 2 aromatic rings. The second kappa shape index (κ2) is 11.4. The number of thioether (sulfide) groups is 1. The average molecular weight is 385 g/mol. The van der Waals surface area contributed by atoms with E-state index in [1.54, 1.807) is 0 Å². The first-order chi connectivity index (χ1) is 13.1. The van der Waals surface area contributed by atoms with Crippen molar-refractivity contribution in [2.45, 2.75) is 26.7 Å². The van der Waals surface area contributed by atoms with Gasteiger partial charge in [0, 0.05) is 23.9 Å². The molecule has 0 aliphatic carbocycles. The van der Waals surface area contributed by atoms with Gasteiger partial charge in [-0.3, -0.25) is 9.59 Å². The summed E-state index contributed by atoms with van der Waals surface area (Å²) in [7, 11) is 0. The Balaban J connectivity index is 1.63. The van der Waals surface area contributed by atoms with Crippen LogP contribution in [-0.2, 0) is 22.4 Å². The molecule has 0 radical (unpaired) electrons. The van der Waals surface area contributed by atoms with Gasteiger partial charge in [-0.1, -0.05) is 74.1 Å². The van der Waals surface area contributed by atoms with Crippen LogP contribution in [-0.4, -0.2) is 29.9 Å². The van der Waals surface area contributed by atoms with Crippen LogP contribution in [0.1, 0.15) is 25.0 Å². The van der Waals surface area contributed by atoms with Gasteiger partial charge in [-0.25, -0.2) is 0 Å². The van der Waals surface area contributed by atoms with Gasteiger partial charge >= 0.3 is 0 Å². The number of carbonyl (C=O) groups is 2. The van der Waals surface area contributed by atoms with Crippen LogP contribution in [0.15, 0.2) is 54.6 Å². The summed E-state index contributed by atoms with van der Waals surface area (Å²) in [5.41, 5.74) is 3.52. The zero-order valence-corrected chi connectivity index (χ0v) is 16.9. The monoisotopic (exact) mass is 384 g/mol. The molecule has 0 aliphatic rings. The van der Waals surface area contributed by atoms with E-state index in [1.807, 2.05) is 49.4 Å². The minimum Gasteiger partial charge on any atom is -0.384 e. The first-order valence-electron chi connectivity index (χ1n) is 9.39. The molecular formula is C22H28N2O2S. The molecule has 0 unspecified atom stereocenters. The van der Waals surface area contributed by atoms with Gasteiger partial charge in [0.2, 0.25) is 11.0 Å². The maximum absolute atomic E-state index is 12.2. The van der Waals surface area contributed by atoms with Crippen molar-refractivity contribution in [1.29, 1.82) is 0 Å². The Labute approximate surface area is 166 Å². The lowest BCUT2D eigenvalue weighted by Crippen LogP contribution is -2.33. The summed E-state index contributed by atoms with van der Waals surface area (Å²) in [6.07, 6.45) is 1.65. The fourth-order valence-electron chi connectivity index (χ4n) is 2.80. The van der Waals surface area contributed by atoms with Crippen LogP contribution >= 0.6 is 11.8 Å². The van der Waals surface area contributed by atoms with E-state index >= 15 is 0 Å². The topological polar surface area (TPSA) is 58.2 Å². The van der Waals surface area contributed by atoms with Gasteiger partial charge in [0.05, 0.1) is 6.54 Å². The molecule has 4 nitrogen and oxygen atoms in total. The molecule has 0 saturated carbocycles. The molecule has 5 heteroatoms. The molecule has 0 fully saturated rings. The molecule has 0 aliphatic heterocycles. The van der Waals surface area contributed by atoms with E-state index in [-0.39, 0.29) is 23.5 Å². The molecule has 2 aromatic carbocycles. The van der Waals surface area contributed by atoms with Crippen molar-refractivity contribution < 1.29 is 9.59 Å². The molecule has 0 aromatic heterocycles. The predicted octanol–water partition coefficient (Wildman–Crippen LogP) is 3.92. The number of aryl methyl sites for hydroxylation is 1. The van der Waals surface area contributed by atoms with Crippen LogP contribution in [0.5, 0.6) is 0 Å². The minimum atomic E-state index is -0.155. The molecule has 27 heavy (non-hydrogen) atoms. The Morgan fingerprint density at radius 1 is 1.04 bits per heavy atom. The van der Waals surface area contributed by atoms with Crippen molar-refractivity contribution in [1.82, 2.24) is 5.32 Å². The van der Waals surface area contributed by atoms with Crippen molar-refractivity contribution in [2.75, 3.05) is 24.2 Å². The van der Waals surface area contributed by atoms with Gasteiger partial charge < -0.3 is 10.6 Å². The maximum Gasteiger partial charge on any atom is 0.223 e. The Morgan fingerprint density at radius 2 is 1.74 bits per heavy atom. The minimum absolute atomic E-state index is 0.0131. The number of anilines is 1. The number of nitrogens with one attached hydrogen (secondary N) is 2. The highest BCUT2D eigenvalue weighted by Gasteiger charge is 2.14. The maximum atomic E-state index is 12.2. The van der Waals surface area contributed by atoms with Gasteiger partial charge in [-0.2, -0.15) is 0 Å². The van der Waals surface area contributed by atoms with E-state index < -0.39 is 0 Å².